The third kappa shape index (κ3) is 4.82. The van der Waals surface area contributed by atoms with Crippen molar-refractivity contribution in [3.63, 3.8) is 0 Å². The molecule has 1 aliphatic rings. The van der Waals surface area contributed by atoms with Crippen LogP contribution in [0.25, 0.3) is 10.9 Å². The van der Waals surface area contributed by atoms with Crippen LogP contribution in [0.3, 0.4) is 0 Å². The molecule has 136 valence electrons. The van der Waals surface area contributed by atoms with E-state index in [2.05, 4.69) is 16.4 Å². The first-order chi connectivity index (χ1) is 12.6. The summed E-state index contributed by atoms with van der Waals surface area (Å²) in [5.74, 6) is -0.894. The molecule has 1 aromatic carbocycles. The Bertz CT molecular complexity index is 848. The molecule has 0 saturated heterocycles. The van der Waals surface area contributed by atoms with Crippen LogP contribution in [0.15, 0.2) is 42.0 Å². The molecule has 1 amide bonds. The fraction of sp³-hybridized carbons (Fsp3) is 0.350. The number of amides is 1. The number of ether oxygens (including phenoxy) is 1. The van der Waals surface area contributed by atoms with Crippen molar-refractivity contribution in [3.05, 3.63) is 52.7 Å². The lowest BCUT2D eigenvalue weighted by Crippen LogP contribution is -2.30. The molecular weight excluding hydrogens is 352 g/mol. The summed E-state index contributed by atoms with van der Waals surface area (Å²) in [5, 5.41) is 3.64. The molecule has 26 heavy (non-hydrogen) atoms. The lowest BCUT2D eigenvalue weighted by atomic mass is 9.97. The SMILES string of the molecule is O=C(COC(=O)c1cc(Cl)nc2ccccc12)NCCC1=CCCCC1. The molecule has 5 nitrogen and oxygen atoms in total. The minimum Gasteiger partial charge on any atom is -0.452 e. The van der Waals surface area contributed by atoms with Gasteiger partial charge in [0.15, 0.2) is 6.61 Å². The smallest absolute Gasteiger partial charge is 0.339 e. The maximum Gasteiger partial charge on any atom is 0.339 e. The maximum atomic E-state index is 12.3. The Morgan fingerprint density at radius 3 is 2.88 bits per heavy atom. The largest absolute Gasteiger partial charge is 0.452 e. The van der Waals surface area contributed by atoms with Gasteiger partial charge in [0.2, 0.25) is 0 Å². The van der Waals surface area contributed by atoms with E-state index in [-0.39, 0.29) is 17.7 Å². The number of aromatic nitrogens is 1. The van der Waals surface area contributed by atoms with E-state index in [1.165, 1.54) is 24.5 Å². The lowest BCUT2D eigenvalue weighted by molar-refractivity contribution is -0.124. The topological polar surface area (TPSA) is 68.3 Å². The highest BCUT2D eigenvalue weighted by Crippen LogP contribution is 2.21. The number of nitrogens with zero attached hydrogens (tertiary/aromatic N) is 1. The predicted octanol–water partition coefficient (Wildman–Crippen LogP) is 4.05. The summed E-state index contributed by atoms with van der Waals surface area (Å²) in [7, 11) is 0. The van der Waals surface area contributed by atoms with Gasteiger partial charge in [0, 0.05) is 11.9 Å². The zero-order chi connectivity index (χ0) is 18.4. The van der Waals surface area contributed by atoms with Gasteiger partial charge in [0.25, 0.3) is 5.91 Å². The molecule has 1 heterocycles. The Morgan fingerprint density at radius 1 is 1.23 bits per heavy atom. The molecule has 0 saturated carbocycles. The molecule has 1 aromatic heterocycles. The molecule has 2 aromatic rings. The van der Waals surface area contributed by atoms with Crippen molar-refractivity contribution in [3.8, 4) is 0 Å². The van der Waals surface area contributed by atoms with E-state index < -0.39 is 5.97 Å². The zero-order valence-electron chi connectivity index (χ0n) is 14.5. The van der Waals surface area contributed by atoms with Crippen molar-refractivity contribution in [2.45, 2.75) is 32.1 Å². The molecule has 3 rings (SSSR count). The van der Waals surface area contributed by atoms with Crippen molar-refractivity contribution in [1.29, 1.82) is 0 Å². The summed E-state index contributed by atoms with van der Waals surface area (Å²) in [6, 6.07) is 8.62. The molecule has 0 bridgehead atoms. The quantitative estimate of drug-likeness (QED) is 0.472. The van der Waals surface area contributed by atoms with Crippen LogP contribution in [0.1, 0.15) is 42.5 Å². The van der Waals surface area contributed by atoms with E-state index in [9.17, 15) is 9.59 Å². The number of para-hydroxylation sites is 1. The fourth-order valence-electron chi connectivity index (χ4n) is 3.07. The first kappa shape index (κ1) is 18.4. The number of hydrogen-bond acceptors (Lipinski definition) is 4. The van der Waals surface area contributed by atoms with Crippen molar-refractivity contribution < 1.29 is 14.3 Å². The van der Waals surface area contributed by atoms with Gasteiger partial charge >= 0.3 is 5.97 Å². The fourth-order valence-corrected chi connectivity index (χ4v) is 3.27. The van der Waals surface area contributed by atoms with Crippen LogP contribution < -0.4 is 5.32 Å². The molecule has 0 radical (unpaired) electrons. The third-order valence-corrected chi connectivity index (χ3v) is 4.59. The highest BCUT2D eigenvalue weighted by Gasteiger charge is 2.15. The Balaban J connectivity index is 1.52. The molecule has 0 spiro atoms. The number of rotatable bonds is 6. The summed E-state index contributed by atoms with van der Waals surface area (Å²) in [5.41, 5.74) is 2.31. The van der Waals surface area contributed by atoms with E-state index in [0.29, 0.717) is 23.0 Å². The Kier molecular flexibility index (Phi) is 6.23. The van der Waals surface area contributed by atoms with Gasteiger partial charge < -0.3 is 10.1 Å². The van der Waals surface area contributed by atoms with Crippen LogP contribution >= 0.6 is 11.6 Å². The summed E-state index contributed by atoms with van der Waals surface area (Å²) in [4.78, 5) is 28.4. The van der Waals surface area contributed by atoms with Crippen molar-refractivity contribution >= 4 is 34.4 Å². The highest BCUT2D eigenvalue weighted by molar-refractivity contribution is 6.30. The van der Waals surface area contributed by atoms with E-state index in [4.69, 9.17) is 16.3 Å². The predicted molar refractivity (Wildman–Crippen MR) is 101 cm³/mol. The number of halogens is 1. The average Bonchev–Trinajstić information content (AvgIpc) is 2.66. The molecule has 1 N–H and O–H groups in total. The number of benzene rings is 1. The van der Waals surface area contributed by atoms with Crippen LogP contribution in [0.5, 0.6) is 0 Å². The van der Waals surface area contributed by atoms with E-state index in [1.807, 2.05) is 6.07 Å². The number of allylic oxidation sites excluding steroid dienone is 1. The second-order valence-electron chi connectivity index (χ2n) is 6.29. The summed E-state index contributed by atoms with van der Waals surface area (Å²) in [6.07, 6.45) is 7.82. The second-order valence-corrected chi connectivity index (χ2v) is 6.68. The third-order valence-electron chi connectivity index (χ3n) is 4.39. The first-order valence-corrected chi connectivity index (χ1v) is 9.18. The molecule has 0 unspecified atom stereocenters. The van der Waals surface area contributed by atoms with Crippen LogP contribution in [0.2, 0.25) is 5.15 Å². The maximum absolute atomic E-state index is 12.3. The molecule has 6 heteroatoms. The standard InChI is InChI=1S/C20H21ClN2O3/c21-18-12-16(15-8-4-5-9-17(15)23-18)20(25)26-13-19(24)22-11-10-14-6-2-1-3-7-14/h4-6,8-9,12H,1-3,7,10-11,13H2,(H,22,24). The van der Waals surface area contributed by atoms with Gasteiger partial charge in [-0.2, -0.15) is 0 Å². The molecule has 0 fully saturated rings. The Labute approximate surface area is 157 Å². The summed E-state index contributed by atoms with van der Waals surface area (Å²) < 4.78 is 5.14. The number of carbonyl (C=O) groups excluding carboxylic acids is 2. The normalized spacial score (nSPS) is 14.0. The number of fused-ring (bicyclic) bond motifs is 1. The van der Waals surface area contributed by atoms with Crippen LogP contribution in [-0.2, 0) is 9.53 Å². The number of nitrogens with one attached hydrogen (secondary N) is 1. The van der Waals surface area contributed by atoms with Gasteiger partial charge in [-0.15, -0.1) is 0 Å². The molecule has 0 aliphatic heterocycles. The van der Waals surface area contributed by atoms with Crippen LogP contribution in [-0.4, -0.2) is 30.0 Å². The van der Waals surface area contributed by atoms with Gasteiger partial charge in [0.05, 0.1) is 11.1 Å². The Hall–Kier alpha value is -2.40. The van der Waals surface area contributed by atoms with E-state index in [1.54, 1.807) is 18.2 Å². The molecule has 1 aliphatic carbocycles. The average molecular weight is 373 g/mol. The summed E-state index contributed by atoms with van der Waals surface area (Å²) >= 11 is 5.97. The second kappa shape index (κ2) is 8.81. The monoisotopic (exact) mass is 372 g/mol. The number of pyridine rings is 1. The van der Waals surface area contributed by atoms with Gasteiger partial charge in [-0.05, 0) is 44.2 Å². The number of esters is 1. The van der Waals surface area contributed by atoms with Gasteiger partial charge in [0.1, 0.15) is 5.15 Å². The number of hydrogen-bond donors (Lipinski definition) is 1. The van der Waals surface area contributed by atoms with Crippen molar-refractivity contribution in [2.75, 3.05) is 13.2 Å². The van der Waals surface area contributed by atoms with Crippen molar-refractivity contribution in [1.82, 2.24) is 10.3 Å². The number of carbonyl (C=O) groups is 2. The van der Waals surface area contributed by atoms with Crippen molar-refractivity contribution in [2.24, 2.45) is 0 Å². The zero-order valence-corrected chi connectivity index (χ0v) is 15.2. The van der Waals surface area contributed by atoms with E-state index >= 15 is 0 Å². The van der Waals surface area contributed by atoms with Gasteiger partial charge in [-0.3, -0.25) is 4.79 Å². The van der Waals surface area contributed by atoms with Gasteiger partial charge in [-0.1, -0.05) is 41.4 Å². The first-order valence-electron chi connectivity index (χ1n) is 8.80. The molecular formula is C20H21ClN2O3. The Morgan fingerprint density at radius 2 is 2.08 bits per heavy atom. The summed E-state index contributed by atoms with van der Waals surface area (Å²) in [6.45, 7) is 0.248. The van der Waals surface area contributed by atoms with E-state index in [0.717, 1.165) is 19.3 Å². The van der Waals surface area contributed by atoms with Crippen LogP contribution in [0.4, 0.5) is 0 Å². The highest BCUT2D eigenvalue weighted by atomic mass is 35.5. The lowest BCUT2D eigenvalue weighted by Gasteiger charge is -2.13. The molecule has 0 atom stereocenters. The minimum absolute atomic E-state index is 0.209. The van der Waals surface area contributed by atoms with Crippen LogP contribution in [0, 0.1) is 0 Å². The van der Waals surface area contributed by atoms with Gasteiger partial charge in [-0.25, -0.2) is 9.78 Å². The minimum atomic E-state index is -0.587.